The van der Waals surface area contributed by atoms with Gasteiger partial charge in [-0.1, -0.05) is 23.7 Å². The Morgan fingerprint density at radius 3 is 2.76 bits per heavy atom. The van der Waals surface area contributed by atoms with Crippen LogP contribution in [0.1, 0.15) is 15.9 Å². The molecule has 0 atom stereocenters. The van der Waals surface area contributed by atoms with E-state index >= 15 is 0 Å². The number of benzene rings is 2. The summed E-state index contributed by atoms with van der Waals surface area (Å²) in [5.74, 6) is -0.136. The van der Waals surface area contributed by atoms with E-state index in [-0.39, 0.29) is 28.9 Å². The number of carbonyl (C=O) groups is 2. The molecule has 1 aliphatic heterocycles. The van der Waals surface area contributed by atoms with E-state index in [4.69, 9.17) is 22.1 Å². The van der Waals surface area contributed by atoms with Crippen LogP contribution in [0.3, 0.4) is 0 Å². The molecule has 5 nitrogen and oxygen atoms in total. The summed E-state index contributed by atoms with van der Waals surface area (Å²) in [5, 5.41) is 2.86. The molecular weight excluding hydrogens is 292 g/mol. The van der Waals surface area contributed by atoms with Crippen molar-refractivity contribution in [3.8, 4) is 5.75 Å². The topological polar surface area (TPSA) is 81.4 Å². The molecule has 1 heterocycles. The molecule has 0 saturated carbocycles. The molecule has 1 aliphatic rings. The molecule has 2 aromatic rings. The molecular formula is C15H11ClN2O3. The fourth-order valence-electron chi connectivity index (χ4n) is 2.12. The van der Waals surface area contributed by atoms with E-state index in [1.54, 1.807) is 24.3 Å². The van der Waals surface area contributed by atoms with Crippen LogP contribution in [0.4, 0.5) is 11.4 Å². The second kappa shape index (κ2) is 5.10. The molecule has 0 bridgehead atoms. The standard InChI is InChI=1S/C15H11ClN2O3/c16-10-6-12-13(21-7-14(19)18-12)5-9(10)15(20)8-3-1-2-4-11(8)17/h1-6H,7,17H2,(H,18,19). The largest absolute Gasteiger partial charge is 0.482 e. The number of para-hydroxylation sites is 1. The highest BCUT2D eigenvalue weighted by Gasteiger charge is 2.22. The Hall–Kier alpha value is -2.53. The van der Waals surface area contributed by atoms with Gasteiger partial charge in [0.1, 0.15) is 5.75 Å². The van der Waals surface area contributed by atoms with Crippen molar-refractivity contribution in [1.82, 2.24) is 0 Å². The minimum atomic E-state index is -0.290. The van der Waals surface area contributed by atoms with Crippen molar-refractivity contribution in [1.29, 1.82) is 0 Å². The quantitative estimate of drug-likeness (QED) is 0.659. The number of nitrogen functional groups attached to an aromatic ring is 1. The van der Waals surface area contributed by atoms with E-state index < -0.39 is 0 Å². The van der Waals surface area contributed by atoms with E-state index in [9.17, 15) is 9.59 Å². The number of halogens is 1. The second-order valence-corrected chi connectivity index (χ2v) is 4.99. The zero-order valence-electron chi connectivity index (χ0n) is 10.9. The van der Waals surface area contributed by atoms with Crippen molar-refractivity contribution >= 4 is 34.7 Å². The summed E-state index contributed by atoms with van der Waals surface area (Å²) in [7, 11) is 0. The molecule has 21 heavy (non-hydrogen) atoms. The van der Waals surface area contributed by atoms with Gasteiger partial charge in [0, 0.05) is 16.8 Å². The van der Waals surface area contributed by atoms with Gasteiger partial charge in [-0.3, -0.25) is 9.59 Å². The lowest BCUT2D eigenvalue weighted by Gasteiger charge is -2.19. The van der Waals surface area contributed by atoms with Crippen LogP contribution in [0.5, 0.6) is 5.75 Å². The number of hydrogen-bond donors (Lipinski definition) is 2. The molecule has 0 unspecified atom stereocenters. The number of nitrogens with two attached hydrogens (primary N) is 1. The van der Waals surface area contributed by atoms with E-state index in [0.29, 0.717) is 22.7 Å². The van der Waals surface area contributed by atoms with Gasteiger partial charge in [0.2, 0.25) is 0 Å². The maximum atomic E-state index is 12.5. The zero-order chi connectivity index (χ0) is 15.0. The van der Waals surface area contributed by atoms with Crippen LogP contribution >= 0.6 is 11.6 Å². The van der Waals surface area contributed by atoms with E-state index in [1.165, 1.54) is 12.1 Å². The number of rotatable bonds is 2. The minimum absolute atomic E-state index is 0.0876. The van der Waals surface area contributed by atoms with Crippen molar-refractivity contribution < 1.29 is 14.3 Å². The Kier molecular flexibility index (Phi) is 3.27. The van der Waals surface area contributed by atoms with Gasteiger partial charge in [0.15, 0.2) is 12.4 Å². The first kappa shape index (κ1) is 13.5. The van der Waals surface area contributed by atoms with Gasteiger partial charge in [-0.25, -0.2) is 0 Å². The maximum Gasteiger partial charge on any atom is 0.262 e. The summed E-state index contributed by atoms with van der Waals surface area (Å²) in [4.78, 5) is 23.8. The van der Waals surface area contributed by atoms with Crippen molar-refractivity contribution in [3.05, 3.63) is 52.5 Å². The van der Waals surface area contributed by atoms with Crippen LogP contribution in [0.15, 0.2) is 36.4 Å². The lowest BCUT2D eigenvalue weighted by Crippen LogP contribution is -2.25. The SMILES string of the molecule is Nc1ccccc1C(=O)c1cc2c(cc1Cl)NC(=O)CO2. The van der Waals surface area contributed by atoms with Crippen LogP contribution in [-0.2, 0) is 4.79 Å². The number of carbonyl (C=O) groups excluding carboxylic acids is 2. The van der Waals surface area contributed by atoms with Gasteiger partial charge in [0.05, 0.1) is 10.7 Å². The lowest BCUT2D eigenvalue weighted by molar-refractivity contribution is -0.118. The molecule has 0 aliphatic carbocycles. The first-order valence-electron chi connectivity index (χ1n) is 6.21. The summed E-state index contributed by atoms with van der Waals surface area (Å²) in [6.45, 7) is -0.0876. The Bertz CT molecular complexity index is 759. The van der Waals surface area contributed by atoms with Crippen LogP contribution in [0.2, 0.25) is 5.02 Å². The Balaban J connectivity index is 2.05. The van der Waals surface area contributed by atoms with Crippen molar-refractivity contribution in [2.45, 2.75) is 0 Å². The number of anilines is 2. The van der Waals surface area contributed by atoms with E-state index in [1.807, 2.05) is 0 Å². The van der Waals surface area contributed by atoms with Crippen molar-refractivity contribution in [3.63, 3.8) is 0 Å². The van der Waals surface area contributed by atoms with Gasteiger partial charge >= 0.3 is 0 Å². The molecule has 0 aromatic heterocycles. The Morgan fingerprint density at radius 1 is 1.24 bits per heavy atom. The van der Waals surface area contributed by atoms with Crippen LogP contribution in [0, 0.1) is 0 Å². The van der Waals surface area contributed by atoms with Crippen LogP contribution in [-0.4, -0.2) is 18.3 Å². The molecule has 0 fully saturated rings. The predicted octanol–water partition coefficient (Wildman–Crippen LogP) is 2.48. The number of nitrogens with one attached hydrogen (secondary N) is 1. The third-order valence-electron chi connectivity index (χ3n) is 3.15. The molecule has 2 aromatic carbocycles. The summed E-state index contributed by atoms with van der Waals surface area (Å²) in [5.41, 5.74) is 7.30. The number of fused-ring (bicyclic) bond motifs is 1. The predicted molar refractivity (Wildman–Crippen MR) is 79.9 cm³/mol. The highest BCUT2D eigenvalue weighted by molar-refractivity contribution is 6.35. The van der Waals surface area contributed by atoms with Gasteiger partial charge in [-0.15, -0.1) is 0 Å². The summed E-state index contributed by atoms with van der Waals surface area (Å²) >= 11 is 6.14. The molecule has 0 spiro atoms. The van der Waals surface area contributed by atoms with Gasteiger partial charge in [-0.2, -0.15) is 0 Å². The molecule has 0 radical (unpaired) electrons. The molecule has 3 N–H and O–H groups in total. The first-order valence-corrected chi connectivity index (χ1v) is 6.59. The van der Waals surface area contributed by atoms with Gasteiger partial charge < -0.3 is 15.8 Å². The number of ketones is 1. The van der Waals surface area contributed by atoms with Crippen molar-refractivity contribution in [2.24, 2.45) is 0 Å². The average molecular weight is 303 g/mol. The molecule has 0 saturated heterocycles. The monoisotopic (exact) mass is 302 g/mol. The first-order chi connectivity index (χ1) is 10.1. The van der Waals surface area contributed by atoms with Gasteiger partial charge in [0.25, 0.3) is 5.91 Å². The lowest BCUT2D eigenvalue weighted by atomic mass is 10.0. The highest BCUT2D eigenvalue weighted by atomic mass is 35.5. The summed E-state index contributed by atoms with van der Waals surface area (Å²) in [6.07, 6.45) is 0. The smallest absolute Gasteiger partial charge is 0.262 e. The minimum Gasteiger partial charge on any atom is -0.482 e. The number of hydrogen-bond acceptors (Lipinski definition) is 4. The second-order valence-electron chi connectivity index (χ2n) is 4.58. The molecule has 1 amide bonds. The van der Waals surface area contributed by atoms with Crippen molar-refractivity contribution in [2.75, 3.05) is 17.7 Å². The molecule has 6 heteroatoms. The highest BCUT2D eigenvalue weighted by Crippen LogP contribution is 2.34. The normalized spacial score (nSPS) is 13.1. The number of amides is 1. The van der Waals surface area contributed by atoms with E-state index in [0.717, 1.165) is 0 Å². The Labute approximate surface area is 125 Å². The number of ether oxygens (including phenoxy) is 1. The zero-order valence-corrected chi connectivity index (χ0v) is 11.6. The van der Waals surface area contributed by atoms with Gasteiger partial charge in [-0.05, 0) is 24.3 Å². The van der Waals surface area contributed by atoms with E-state index in [2.05, 4.69) is 5.32 Å². The Morgan fingerprint density at radius 2 is 2.00 bits per heavy atom. The molecule has 106 valence electrons. The fourth-order valence-corrected chi connectivity index (χ4v) is 2.37. The fraction of sp³-hybridized carbons (Fsp3) is 0.0667. The third kappa shape index (κ3) is 2.43. The average Bonchev–Trinajstić information content (AvgIpc) is 2.46. The summed E-state index contributed by atoms with van der Waals surface area (Å²) < 4.78 is 5.29. The van der Waals surface area contributed by atoms with Crippen LogP contribution < -0.4 is 15.8 Å². The third-order valence-corrected chi connectivity index (χ3v) is 3.46. The summed E-state index contributed by atoms with van der Waals surface area (Å²) in [6, 6.07) is 9.78. The molecule has 3 rings (SSSR count). The maximum absolute atomic E-state index is 12.5. The van der Waals surface area contributed by atoms with Crippen LogP contribution in [0.25, 0.3) is 0 Å².